The standard InChI is InChI=1S/C10H11N3O2/c1-5-4-12-9-6(10(11)14)3-7(15-2)13-8(5)9/h3-4,12H,1-2H3,(H2,11,14). The summed E-state index contributed by atoms with van der Waals surface area (Å²) in [4.78, 5) is 18.4. The summed E-state index contributed by atoms with van der Waals surface area (Å²) in [6, 6.07) is 1.53. The number of ether oxygens (including phenoxy) is 1. The molecule has 0 saturated heterocycles. The van der Waals surface area contributed by atoms with Crippen LogP contribution in [-0.4, -0.2) is 23.0 Å². The van der Waals surface area contributed by atoms with Gasteiger partial charge in [0.2, 0.25) is 5.88 Å². The highest BCUT2D eigenvalue weighted by Crippen LogP contribution is 2.23. The van der Waals surface area contributed by atoms with Gasteiger partial charge in [0, 0.05) is 12.3 Å². The summed E-state index contributed by atoms with van der Waals surface area (Å²) in [6.07, 6.45) is 1.78. The minimum atomic E-state index is -0.498. The number of methoxy groups -OCH3 is 1. The van der Waals surface area contributed by atoms with Gasteiger partial charge >= 0.3 is 0 Å². The number of hydrogen-bond acceptors (Lipinski definition) is 3. The maximum atomic E-state index is 11.2. The number of aromatic amines is 1. The van der Waals surface area contributed by atoms with E-state index in [-0.39, 0.29) is 0 Å². The lowest BCUT2D eigenvalue weighted by molar-refractivity contribution is 0.100. The van der Waals surface area contributed by atoms with E-state index < -0.39 is 5.91 Å². The molecule has 5 heteroatoms. The predicted molar refractivity (Wildman–Crippen MR) is 55.9 cm³/mol. The topological polar surface area (TPSA) is 81.0 Å². The van der Waals surface area contributed by atoms with Gasteiger partial charge in [-0.1, -0.05) is 0 Å². The van der Waals surface area contributed by atoms with Crippen LogP contribution in [0, 0.1) is 6.92 Å². The van der Waals surface area contributed by atoms with Gasteiger partial charge in [0.25, 0.3) is 5.91 Å². The van der Waals surface area contributed by atoms with Crippen molar-refractivity contribution in [3.63, 3.8) is 0 Å². The Hall–Kier alpha value is -2.04. The average Bonchev–Trinajstić information content (AvgIpc) is 2.59. The fraction of sp³-hybridized carbons (Fsp3) is 0.200. The fourth-order valence-corrected chi connectivity index (χ4v) is 1.50. The molecule has 1 amide bonds. The van der Waals surface area contributed by atoms with Crippen LogP contribution in [0.2, 0.25) is 0 Å². The number of carbonyl (C=O) groups excluding carboxylic acids is 1. The van der Waals surface area contributed by atoms with Crippen LogP contribution in [0.25, 0.3) is 11.0 Å². The summed E-state index contributed by atoms with van der Waals surface area (Å²) < 4.78 is 5.00. The van der Waals surface area contributed by atoms with E-state index in [2.05, 4.69) is 9.97 Å². The van der Waals surface area contributed by atoms with Crippen molar-refractivity contribution in [1.82, 2.24) is 9.97 Å². The van der Waals surface area contributed by atoms with E-state index in [1.807, 2.05) is 6.92 Å². The van der Waals surface area contributed by atoms with Gasteiger partial charge in [-0.25, -0.2) is 4.98 Å². The second-order valence-corrected chi connectivity index (χ2v) is 3.27. The Balaban J connectivity index is 2.82. The Labute approximate surface area is 86.3 Å². The smallest absolute Gasteiger partial charge is 0.251 e. The van der Waals surface area contributed by atoms with E-state index in [1.54, 1.807) is 6.20 Å². The second kappa shape index (κ2) is 3.27. The molecule has 0 aromatic carbocycles. The Morgan fingerprint density at radius 1 is 1.60 bits per heavy atom. The van der Waals surface area contributed by atoms with Crippen molar-refractivity contribution in [3.05, 3.63) is 23.4 Å². The Morgan fingerprint density at radius 2 is 2.33 bits per heavy atom. The van der Waals surface area contributed by atoms with Gasteiger partial charge in [-0.15, -0.1) is 0 Å². The van der Waals surface area contributed by atoms with E-state index >= 15 is 0 Å². The molecule has 3 N–H and O–H groups in total. The fourth-order valence-electron chi connectivity index (χ4n) is 1.50. The normalized spacial score (nSPS) is 10.5. The lowest BCUT2D eigenvalue weighted by Crippen LogP contribution is -2.12. The predicted octanol–water partition coefficient (Wildman–Crippen LogP) is 0.979. The number of amides is 1. The number of nitrogens with one attached hydrogen (secondary N) is 1. The van der Waals surface area contributed by atoms with Gasteiger partial charge in [0.15, 0.2) is 0 Å². The molecule has 5 nitrogen and oxygen atoms in total. The molecule has 15 heavy (non-hydrogen) atoms. The minimum absolute atomic E-state index is 0.388. The zero-order chi connectivity index (χ0) is 11.0. The molecule has 0 unspecified atom stereocenters. The van der Waals surface area contributed by atoms with Crippen molar-refractivity contribution < 1.29 is 9.53 Å². The number of rotatable bonds is 2. The van der Waals surface area contributed by atoms with E-state index in [4.69, 9.17) is 10.5 Å². The van der Waals surface area contributed by atoms with Crippen LogP contribution >= 0.6 is 0 Å². The van der Waals surface area contributed by atoms with Crippen LogP contribution < -0.4 is 10.5 Å². The quantitative estimate of drug-likeness (QED) is 0.766. The maximum Gasteiger partial charge on any atom is 0.251 e. The number of hydrogen-bond donors (Lipinski definition) is 2. The lowest BCUT2D eigenvalue weighted by Gasteiger charge is -2.03. The SMILES string of the molecule is COc1cc(C(N)=O)c2[nH]cc(C)c2n1. The third-order valence-corrected chi connectivity index (χ3v) is 2.28. The van der Waals surface area contributed by atoms with Crippen LogP contribution in [0.5, 0.6) is 5.88 Å². The van der Waals surface area contributed by atoms with Crippen molar-refractivity contribution in [1.29, 1.82) is 0 Å². The van der Waals surface area contributed by atoms with Crippen LogP contribution in [0.4, 0.5) is 0 Å². The van der Waals surface area contributed by atoms with Gasteiger partial charge in [-0.3, -0.25) is 4.79 Å². The number of carbonyl (C=O) groups is 1. The zero-order valence-electron chi connectivity index (χ0n) is 8.50. The molecule has 2 heterocycles. The average molecular weight is 205 g/mol. The minimum Gasteiger partial charge on any atom is -0.481 e. The van der Waals surface area contributed by atoms with Gasteiger partial charge in [-0.2, -0.15) is 0 Å². The molecule has 0 saturated carbocycles. The molecule has 0 bridgehead atoms. The van der Waals surface area contributed by atoms with Gasteiger partial charge in [0.1, 0.15) is 0 Å². The molecule has 2 rings (SSSR count). The molecular weight excluding hydrogens is 194 g/mol. The van der Waals surface area contributed by atoms with Gasteiger partial charge in [0.05, 0.1) is 23.7 Å². The highest BCUT2D eigenvalue weighted by Gasteiger charge is 2.13. The van der Waals surface area contributed by atoms with Crippen LogP contribution in [0.15, 0.2) is 12.3 Å². The van der Waals surface area contributed by atoms with Crippen molar-refractivity contribution in [2.75, 3.05) is 7.11 Å². The number of fused-ring (bicyclic) bond motifs is 1. The third-order valence-electron chi connectivity index (χ3n) is 2.28. The molecule has 0 atom stereocenters. The number of aromatic nitrogens is 2. The van der Waals surface area contributed by atoms with Gasteiger partial charge < -0.3 is 15.5 Å². The lowest BCUT2D eigenvalue weighted by atomic mass is 10.2. The summed E-state index contributed by atoms with van der Waals surface area (Å²) in [5, 5.41) is 0. The van der Waals surface area contributed by atoms with E-state index in [0.29, 0.717) is 22.5 Å². The van der Waals surface area contributed by atoms with Crippen molar-refractivity contribution in [3.8, 4) is 5.88 Å². The Kier molecular flexibility index (Phi) is 2.07. The molecule has 2 aromatic rings. The van der Waals surface area contributed by atoms with Crippen LogP contribution in [0.1, 0.15) is 15.9 Å². The Morgan fingerprint density at radius 3 is 2.93 bits per heavy atom. The number of nitrogens with two attached hydrogens (primary N) is 1. The molecule has 0 aliphatic heterocycles. The number of aryl methyl sites for hydroxylation is 1. The van der Waals surface area contributed by atoms with Crippen molar-refractivity contribution in [2.24, 2.45) is 5.73 Å². The first-order chi connectivity index (χ1) is 7.13. The number of primary amides is 1. The third kappa shape index (κ3) is 1.41. The molecule has 0 spiro atoms. The van der Waals surface area contributed by atoms with E-state index in [0.717, 1.165) is 5.56 Å². The number of H-pyrrole nitrogens is 1. The molecule has 2 aromatic heterocycles. The Bertz CT molecular complexity index is 531. The highest BCUT2D eigenvalue weighted by atomic mass is 16.5. The monoisotopic (exact) mass is 205 g/mol. The zero-order valence-corrected chi connectivity index (χ0v) is 8.50. The number of nitrogens with zero attached hydrogens (tertiary/aromatic N) is 1. The maximum absolute atomic E-state index is 11.2. The molecular formula is C10H11N3O2. The van der Waals surface area contributed by atoms with Crippen molar-refractivity contribution in [2.45, 2.75) is 6.92 Å². The van der Waals surface area contributed by atoms with E-state index in [1.165, 1.54) is 13.2 Å². The molecule has 0 radical (unpaired) electrons. The molecule has 0 fully saturated rings. The first-order valence-corrected chi connectivity index (χ1v) is 4.46. The first-order valence-electron chi connectivity index (χ1n) is 4.46. The van der Waals surface area contributed by atoms with Crippen molar-refractivity contribution >= 4 is 16.9 Å². The highest BCUT2D eigenvalue weighted by molar-refractivity contribution is 6.04. The summed E-state index contributed by atoms with van der Waals surface area (Å²) in [7, 11) is 1.50. The molecule has 0 aliphatic rings. The summed E-state index contributed by atoms with van der Waals surface area (Å²) in [6.45, 7) is 1.90. The van der Waals surface area contributed by atoms with E-state index in [9.17, 15) is 4.79 Å². The molecule has 78 valence electrons. The largest absolute Gasteiger partial charge is 0.481 e. The summed E-state index contributed by atoms with van der Waals surface area (Å²) in [5.41, 5.74) is 7.98. The summed E-state index contributed by atoms with van der Waals surface area (Å²) >= 11 is 0. The first kappa shape index (κ1) is 9.51. The molecule has 0 aliphatic carbocycles. The second-order valence-electron chi connectivity index (χ2n) is 3.27. The van der Waals surface area contributed by atoms with Crippen LogP contribution in [0.3, 0.4) is 0 Å². The summed E-state index contributed by atoms with van der Waals surface area (Å²) in [5.74, 6) is -0.110. The van der Waals surface area contributed by atoms with Gasteiger partial charge in [-0.05, 0) is 12.5 Å². The van der Waals surface area contributed by atoms with Crippen LogP contribution in [-0.2, 0) is 0 Å². The number of pyridine rings is 1.